The number of fused-ring (bicyclic) bond motifs is 1. The van der Waals surface area contributed by atoms with Crippen molar-refractivity contribution in [2.45, 2.75) is 75.4 Å². The van der Waals surface area contributed by atoms with Crippen LogP contribution < -0.4 is 4.74 Å². The van der Waals surface area contributed by atoms with Gasteiger partial charge in [-0.15, -0.1) is 0 Å². The van der Waals surface area contributed by atoms with Crippen molar-refractivity contribution < 1.29 is 14.3 Å². The highest BCUT2D eigenvalue weighted by Crippen LogP contribution is 2.45. The van der Waals surface area contributed by atoms with Crippen molar-refractivity contribution in [3.05, 3.63) is 65.7 Å². The minimum Gasteiger partial charge on any atom is -0.497 e. The maximum Gasteiger partial charge on any atom is 0.233 e. The van der Waals surface area contributed by atoms with E-state index >= 15 is 0 Å². The summed E-state index contributed by atoms with van der Waals surface area (Å²) in [6, 6.07) is 18.6. The van der Waals surface area contributed by atoms with E-state index in [0.717, 1.165) is 68.4 Å². The lowest BCUT2D eigenvalue weighted by Crippen LogP contribution is -2.51. The Morgan fingerprint density at radius 3 is 2.39 bits per heavy atom. The highest BCUT2D eigenvalue weighted by atomic mass is 16.5. The summed E-state index contributed by atoms with van der Waals surface area (Å²) in [5.74, 6) is 1.32. The average molecular weight is 447 g/mol. The number of ether oxygens (including phenoxy) is 1. The van der Waals surface area contributed by atoms with Crippen LogP contribution in [0, 0.1) is 0 Å². The molecule has 3 aliphatic rings. The summed E-state index contributed by atoms with van der Waals surface area (Å²) >= 11 is 0. The number of amides is 2. The summed E-state index contributed by atoms with van der Waals surface area (Å²) in [5, 5.41) is 0. The molecule has 174 valence electrons. The first-order chi connectivity index (χ1) is 16.1. The summed E-state index contributed by atoms with van der Waals surface area (Å²) in [6.45, 7) is 1.37. The number of hydrogen-bond donors (Lipinski definition) is 0. The number of carbonyl (C=O) groups is 2. The number of rotatable bonds is 5. The first kappa shape index (κ1) is 22.0. The molecule has 2 atom stereocenters. The van der Waals surface area contributed by atoms with Crippen LogP contribution in [0.3, 0.4) is 0 Å². The Balaban J connectivity index is 1.42. The van der Waals surface area contributed by atoms with Gasteiger partial charge in [0.05, 0.1) is 24.6 Å². The van der Waals surface area contributed by atoms with Gasteiger partial charge in [-0.1, -0.05) is 55.3 Å². The molecule has 5 heteroatoms. The Labute approximate surface area is 196 Å². The van der Waals surface area contributed by atoms with Crippen LogP contribution in [0.4, 0.5) is 0 Å². The lowest BCUT2D eigenvalue weighted by Gasteiger charge is -2.38. The maximum atomic E-state index is 14.2. The third-order valence-corrected chi connectivity index (χ3v) is 8.09. The van der Waals surface area contributed by atoms with Gasteiger partial charge in [-0.25, -0.2) is 0 Å². The monoisotopic (exact) mass is 446 g/mol. The molecule has 5 nitrogen and oxygen atoms in total. The van der Waals surface area contributed by atoms with Crippen LogP contribution in [0.25, 0.3) is 0 Å². The van der Waals surface area contributed by atoms with E-state index in [1.54, 1.807) is 7.11 Å². The number of methoxy groups -OCH3 is 1. The van der Waals surface area contributed by atoms with Crippen molar-refractivity contribution in [1.29, 1.82) is 0 Å². The molecule has 0 bridgehead atoms. The van der Waals surface area contributed by atoms with Gasteiger partial charge in [0.15, 0.2) is 0 Å². The van der Waals surface area contributed by atoms with Gasteiger partial charge < -0.3 is 14.5 Å². The van der Waals surface area contributed by atoms with Crippen LogP contribution in [0.5, 0.6) is 5.75 Å². The van der Waals surface area contributed by atoms with Crippen molar-refractivity contribution in [3.8, 4) is 5.75 Å². The first-order valence-electron chi connectivity index (χ1n) is 12.4. The van der Waals surface area contributed by atoms with E-state index in [0.29, 0.717) is 13.0 Å². The molecule has 2 amide bonds. The van der Waals surface area contributed by atoms with Crippen LogP contribution in [0.2, 0.25) is 0 Å². The zero-order valence-electron chi connectivity index (χ0n) is 19.5. The van der Waals surface area contributed by atoms with E-state index in [-0.39, 0.29) is 23.9 Å². The second-order valence-corrected chi connectivity index (χ2v) is 9.84. The fraction of sp³-hybridized carbons (Fsp3) is 0.500. The van der Waals surface area contributed by atoms with Gasteiger partial charge in [-0.3, -0.25) is 9.59 Å². The fourth-order valence-electron chi connectivity index (χ4n) is 6.37. The lowest BCUT2D eigenvalue weighted by atomic mass is 9.77. The quantitative estimate of drug-likeness (QED) is 0.670. The summed E-state index contributed by atoms with van der Waals surface area (Å²) < 4.78 is 5.35. The molecule has 0 unspecified atom stereocenters. The minimum atomic E-state index is -0.443. The van der Waals surface area contributed by atoms with Gasteiger partial charge in [-0.05, 0) is 55.4 Å². The zero-order chi connectivity index (χ0) is 22.8. The lowest BCUT2D eigenvalue weighted by molar-refractivity contribution is -0.140. The van der Waals surface area contributed by atoms with E-state index in [1.165, 1.54) is 0 Å². The molecule has 0 radical (unpaired) electrons. The number of hydrogen-bond acceptors (Lipinski definition) is 3. The smallest absolute Gasteiger partial charge is 0.233 e. The summed E-state index contributed by atoms with van der Waals surface area (Å²) in [5.41, 5.74) is 1.82. The molecule has 3 fully saturated rings. The molecule has 2 aliphatic heterocycles. The van der Waals surface area contributed by atoms with Gasteiger partial charge >= 0.3 is 0 Å². The van der Waals surface area contributed by atoms with Crippen LogP contribution in [-0.2, 0) is 21.5 Å². The topological polar surface area (TPSA) is 49.9 Å². The number of likely N-dealkylation sites (tertiary alicyclic amines) is 2. The van der Waals surface area contributed by atoms with Crippen molar-refractivity contribution in [3.63, 3.8) is 0 Å². The van der Waals surface area contributed by atoms with Crippen LogP contribution in [0.1, 0.15) is 62.5 Å². The SMILES string of the molecule is COc1ccc(C2(C(=O)N3CC[C@@H]4[C@H]3CCCC(=O)N4Cc3ccccc3)CCCC2)cc1. The molecule has 0 aromatic heterocycles. The third kappa shape index (κ3) is 4.03. The van der Waals surface area contributed by atoms with E-state index in [1.807, 2.05) is 30.3 Å². The fourth-order valence-corrected chi connectivity index (χ4v) is 6.37. The maximum absolute atomic E-state index is 14.2. The normalized spacial score (nSPS) is 24.5. The molecular formula is C28H34N2O3. The summed E-state index contributed by atoms with van der Waals surface area (Å²) in [7, 11) is 1.67. The van der Waals surface area contributed by atoms with Crippen molar-refractivity contribution in [2.75, 3.05) is 13.7 Å². The van der Waals surface area contributed by atoms with E-state index < -0.39 is 5.41 Å². The van der Waals surface area contributed by atoms with Gasteiger partial charge in [0, 0.05) is 19.5 Å². The molecule has 2 aromatic rings. The van der Waals surface area contributed by atoms with E-state index in [2.05, 4.69) is 34.1 Å². The Morgan fingerprint density at radius 2 is 1.70 bits per heavy atom. The van der Waals surface area contributed by atoms with E-state index in [4.69, 9.17) is 4.74 Å². The van der Waals surface area contributed by atoms with Crippen molar-refractivity contribution in [1.82, 2.24) is 9.80 Å². The minimum absolute atomic E-state index is 0.110. The van der Waals surface area contributed by atoms with Crippen LogP contribution in [-0.4, -0.2) is 47.4 Å². The Hall–Kier alpha value is -2.82. The molecule has 0 N–H and O–H groups in total. The second kappa shape index (κ2) is 9.20. The standard InChI is InChI=1S/C28H34N2O3/c1-33-23-14-12-22(13-15-23)28(17-5-6-18-28)27(32)29-19-16-25-24(29)10-7-11-26(31)30(25)20-21-8-3-2-4-9-21/h2-4,8-9,12-15,24-25H,5-7,10-11,16-20H2,1H3/t24-,25-/m1/s1. The van der Waals surface area contributed by atoms with Crippen molar-refractivity contribution in [2.24, 2.45) is 0 Å². The highest BCUT2D eigenvalue weighted by molar-refractivity contribution is 5.89. The van der Waals surface area contributed by atoms with Gasteiger partial charge in [0.25, 0.3) is 0 Å². The molecular weight excluding hydrogens is 412 g/mol. The summed E-state index contributed by atoms with van der Waals surface area (Å²) in [4.78, 5) is 31.5. The second-order valence-electron chi connectivity index (χ2n) is 9.84. The molecule has 2 heterocycles. The molecule has 1 aliphatic carbocycles. The largest absolute Gasteiger partial charge is 0.497 e. The van der Waals surface area contributed by atoms with Gasteiger partial charge in [0.1, 0.15) is 5.75 Å². The first-order valence-corrected chi connectivity index (χ1v) is 12.4. The molecule has 2 saturated heterocycles. The van der Waals surface area contributed by atoms with E-state index in [9.17, 15) is 9.59 Å². The number of benzene rings is 2. The zero-order valence-corrected chi connectivity index (χ0v) is 19.5. The highest BCUT2D eigenvalue weighted by Gasteiger charge is 2.50. The van der Waals surface area contributed by atoms with Gasteiger partial charge in [0.2, 0.25) is 11.8 Å². The Bertz CT molecular complexity index is 982. The molecule has 33 heavy (non-hydrogen) atoms. The molecule has 2 aromatic carbocycles. The number of nitrogens with zero attached hydrogens (tertiary/aromatic N) is 2. The van der Waals surface area contributed by atoms with Crippen LogP contribution >= 0.6 is 0 Å². The van der Waals surface area contributed by atoms with Crippen molar-refractivity contribution >= 4 is 11.8 Å². The predicted molar refractivity (Wildman–Crippen MR) is 128 cm³/mol. The van der Waals surface area contributed by atoms with Crippen LogP contribution in [0.15, 0.2) is 54.6 Å². The average Bonchev–Trinajstić information content (AvgIpc) is 3.48. The molecule has 0 spiro atoms. The Kier molecular flexibility index (Phi) is 6.13. The summed E-state index contributed by atoms with van der Waals surface area (Å²) in [6.07, 6.45) is 7.17. The predicted octanol–water partition coefficient (Wildman–Crippen LogP) is 4.69. The Morgan fingerprint density at radius 1 is 0.970 bits per heavy atom. The molecule has 1 saturated carbocycles. The molecule has 5 rings (SSSR count). The van der Waals surface area contributed by atoms with Gasteiger partial charge in [-0.2, -0.15) is 0 Å². The third-order valence-electron chi connectivity index (χ3n) is 8.09. The number of carbonyl (C=O) groups excluding carboxylic acids is 2.